The average molecular weight is 367 g/mol. The summed E-state index contributed by atoms with van der Waals surface area (Å²) >= 11 is 0. The van der Waals surface area contributed by atoms with Crippen molar-refractivity contribution < 1.29 is 9.53 Å². The number of carbonyl (C=O) groups is 1. The lowest BCUT2D eigenvalue weighted by Crippen LogP contribution is -2.50. The Morgan fingerprint density at radius 2 is 1.63 bits per heavy atom. The summed E-state index contributed by atoms with van der Waals surface area (Å²) in [5.74, 6) is 0.737. The lowest BCUT2D eigenvalue weighted by atomic mass is 10.0. The highest BCUT2D eigenvalue weighted by molar-refractivity contribution is 5.89. The van der Waals surface area contributed by atoms with E-state index < -0.39 is 0 Å². The third kappa shape index (κ3) is 4.35. The summed E-state index contributed by atoms with van der Waals surface area (Å²) in [7, 11) is 1.62. The molecule has 1 aliphatic heterocycles. The summed E-state index contributed by atoms with van der Waals surface area (Å²) in [5.41, 5.74) is 4.91. The first-order valence-corrected chi connectivity index (χ1v) is 9.72. The van der Waals surface area contributed by atoms with Gasteiger partial charge in [0.25, 0.3) is 0 Å². The van der Waals surface area contributed by atoms with E-state index in [-0.39, 0.29) is 6.03 Å². The summed E-state index contributed by atoms with van der Waals surface area (Å²) in [5, 5.41) is 2.97. The van der Waals surface area contributed by atoms with Crippen LogP contribution >= 0.6 is 0 Å². The van der Waals surface area contributed by atoms with Crippen LogP contribution in [0.2, 0.25) is 0 Å². The third-order valence-electron chi connectivity index (χ3n) is 5.17. The number of piperazine rings is 1. The normalized spacial score (nSPS) is 14.2. The number of urea groups is 1. The molecule has 1 aliphatic rings. The van der Waals surface area contributed by atoms with Crippen molar-refractivity contribution in [3.8, 4) is 5.75 Å². The number of aryl methyl sites for hydroxylation is 2. The van der Waals surface area contributed by atoms with Crippen molar-refractivity contribution in [1.29, 1.82) is 0 Å². The minimum Gasteiger partial charge on any atom is -0.497 e. The van der Waals surface area contributed by atoms with Crippen LogP contribution in [0, 0.1) is 0 Å². The van der Waals surface area contributed by atoms with Crippen molar-refractivity contribution >= 4 is 17.4 Å². The topological polar surface area (TPSA) is 44.8 Å². The molecule has 2 aromatic carbocycles. The van der Waals surface area contributed by atoms with Crippen LogP contribution in [0.1, 0.15) is 25.0 Å². The van der Waals surface area contributed by atoms with E-state index in [2.05, 4.69) is 42.3 Å². The Labute approximate surface area is 161 Å². The van der Waals surface area contributed by atoms with Gasteiger partial charge < -0.3 is 19.9 Å². The smallest absolute Gasteiger partial charge is 0.321 e. The predicted octanol–water partition coefficient (Wildman–Crippen LogP) is 4.17. The van der Waals surface area contributed by atoms with Crippen LogP contribution < -0.4 is 15.0 Å². The minimum atomic E-state index is -0.0533. The number of ether oxygens (including phenoxy) is 1. The molecule has 1 fully saturated rings. The molecule has 0 aliphatic carbocycles. The zero-order valence-corrected chi connectivity index (χ0v) is 16.5. The fourth-order valence-corrected chi connectivity index (χ4v) is 3.66. The van der Waals surface area contributed by atoms with Gasteiger partial charge in [-0.2, -0.15) is 0 Å². The molecule has 0 unspecified atom stereocenters. The SMILES string of the molecule is CCc1cccc(CC)c1N1CCN(C(=O)Nc2cccc(OC)c2)CC1. The number of nitrogens with one attached hydrogen (secondary N) is 1. The van der Waals surface area contributed by atoms with Crippen molar-refractivity contribution in [1.82, 2.24) is 4.90 Å². The molecule has 0 saturated carbocycles. The van der Waals surface area contributed by atoms with E-state index >= 15 is 0 Å². The largest absolute Gasteiger partial charge is 0.497 e. The van der Waals surface area contributed by atoms with Crippen molar-refractivity contribution in [3.05, 3.63) is 53.6 Å². The maximum absolute atomic E-state index is 12.6. The van der Waals surface area contributed by atoms with Crippen LogP contribution in [0.5, 0.6) is 5.75 Å². The van der Waals surface area contributed by atoms with Crippen molar-refractivity contribution in [2.75, 3.05) is 43.5 Å². The van der Waals surface area contributed by atoms with Gasteiger partial charge >= 0.3 is 6.03 Å². The highest BCUT2D eigenvalue weighted by atomic mass is 16.5. The van der Waals surface area contributed by atoms with E-state index in [1.54, 1.807) is 7.11 Å². The van der Waals surface area contributed by atoms with Crippen LogP contribution in [0.25, 0.3) is 0 Å². The number of benzene rings is 2. The molecule has 0 radical (unpaired) electrons. The number of carbonyl (C=O) groups excluding carboxylic acids is 1. The molecule has 1 heterocycles. The predicted molar refractivity (Wildman–Crippen MR) is 111 cm³/mol. The van der Waals surface area contributed by atoms with Crippen molar-refractivity contribution in [2.45, 2.75) is 26.7 Å². The summed E-state index contributed by atoms with van der Waals surface area (Å²) in [6, 6.07) is 14.0. The Hall–Kier alpha value is -2.69. The van der Waals surface area contributed by atoms with Gasteiger partial charge in [-0.15, -0.1) is 0 Å². The molecule has 0 bridgehead atoms. The van der Waals surface area contributed by atoms with E-state index in [1.807, 2.05) is 29.2 Å². The van der Waals surface area contributed by atoms with Crippen molar-refractivity contribution in [3.63, 3.8) is 0 Å². The Balaban J connectivity index is 1.64. The fourth-order valence-electron chi connectivity index (χ4n) is 3.66. The maximum atomic E-state index is 12.6. The van der Waals surface area contributed by atoms with Crippen LogP contribution in [0.4, 0.5) is 16.2 Å². The van der Waals surface area contributed by atoms with E-state index in [0.717, 1.165) is 50.5 Å². The molecular formula is C22H29N3O2. The molecule has 1 saturated heterocycles. The standard InChI is InChI=1S/C22H29N3O2/c1-4-17-8-6-9-18(5-2)21(17)24-12-14-25(15-13-24)22(26)23-19-10-7-11-20(16-19)27-3/h6-11,16H,4-5,12-15H2,1-3H3,(H,23,26). The van der Waals surface area contributed by atoms with Gasteiger partial charge in [0.05, 0.1) is 7.11 Å². The molecule has 0 spiro atoms. The van der Waals surface area contributed by atoms with Gasteiger partial charge in [0.2, 0.25) is 0 Å². The van der Waals surface area contributed by atoms with Gasteiger partial charge in [0.15, 0.2) is 0 Å². The Morgan fingerprint density at radius 1 is 1.00 bits per heavy atom. The van der Waals surface area contributed by atoms with Crippen LogP contribution in [0.3, 0.4) is 0 Å². The minimum absolute atomic E-state index is 0.0533. The summed E-state index contributed by atoms with van der Waals surface area (Å²) < 4.78 is 5.22. The number of methoxy groups -OCH3 is 1. The second-order valence-corrected chi connectivity index (χ2v) is 6.77. The van der Waals surface area contributed by atoms with E-state index in [1.165, 1.54) is 16.8 Å². The molecule has 5 heteroatoms. The van der Waals surface area contributed by atoms with Gasteiger partial charge in [0.1, 0.15) is 5.75 Å². The lowest BCUT2D eigenvalue weighted by molar-refractivity contribution is 0.208. The van der Waals surface area contributed by atoms with E-state index in [9.17, 15) is 4.79 Å². The van der Waals surface area contributed by atoms with Gasteiger partial charge in [-0.05, 0) is 36.1 Å². The molecule has 2 aromatic rings. The monoisotopic (exact) mass is 367 g/mol. The first-order valence-electron chi connectivity index (χ1n) is 9.72. The quantitative estimate of drug-likeness (QED) is 0.862. The average Bonchev–Trinajstić information content (AvgIpc) is 2.73. The third-order valence-corrected chi connectivity index (χ3v) is 5.17. The Bertz CT molecular complexity index is 761. The lowest BCUT2D eigenvalue weighted by Gasteiger charge is -2.38. The number of rotatable bonds is 5. The number of anilines is 2. The molecule has 2 amide bonds. The Kier molecular flexibility index (Phi) is 6.22. The van der Waals surface area contributed by atoms with Crippen LogP contribution in [-0.2, 0) is 12.8 Å². The molecule has 5 nitrogen and oxygen atoms in total. The number of nitrogens with zero attached hydrogens (tertiary/aromatic N) is 2. The highest BCUT2D eigenvalue weighted by Crippen LogP contribution is 2.28. The Morgan fingerprint density at radius 3 is 2.22 bits per heavy atom. The maximum Gasteiger partial charge on any atom is 0.321 e. The molecule has 144 valence electrons. The number of hydrogen-bond acceptors (Lipinski definition) is 3. The second-order valence-electron chi connectivity index (χ2n) is 6.77. The van der Waals surface area contributed by atoms with Crippen LogP contribution in [-0.4, -0.2) is 44.2 Å². The summed E-state index contributed by atoms with van der Waals surface area (Å²) in [6.45, 7) is 7.56. The van der Waals surface area contributed by atoms with Gasteiger partial charge in [-0.1, -0.05) is 38.1 Å². The highest BCUT2D eigenvalue weighted by Gasteiger charge is 2.23. The molecule has 27 heavy (non-hydrogen) atoms. The number of hydrogen-bond donors (Lipinski definition) is 1. The molecule has 0 atom stereocenters. The molecule has 0 aromatic heterocycles. The zero-order chi connectivity index (χ0) is 19.2. The first kappa shape index (κ1) is 19.1. The summed E-state index contributed by atoms with van der Waals surface area (Å²) in [4.78, 5) is 16.9. The molecule has 1 N–H and O–H groups in total. The zero-order valence-electron chi connectivity index (χ0n) is 16.5. The molecular weight excluding hydrogens is 338 g/mol. The second kappa shape index (κ2) is 8.80. The van der Waals surface area contributed by atoms with Crippen LogP contribution in [0.15, 0.2) is 42.5 Å². The first-order chi connectivity index (χ1) is 13.2. The number of para-hydroxylation sites is 1. The van der Waals surface area contributed by atoms with Gasteiger partial charge in [0, 0.05) is 43.6 Å². The van der Waals surface area contributed by atoms with Gasteiger partial charge in [-0.25, -0.2) is 4.79 Å². The fraction of sp³-hybridized carbons (Fsp3) is 0.409. The summed E-state index contributed by atoms with van der Waals surface area (Å²) in [6.07, 6.45) is 2.05. The van der Waals surface area contributed by atoms with Crippen molar-refractivity contribution in [2.24, 2.45) is 0 Å². The van der Waals surface area contributed by atoms with E-state index in [4.69, 9.17) is 4.74 Å². The van der Waals surface area contributed by atoms with Gasteiger partial charge in [-0.3, -0.25) is 0 Å². The van der Waals surface area contributed by atoms with E-state index in [0.29, 0.717) is 0 Å². The molecule has 3 rings (SSSR count). The number of amides is 2.